The first-order valence-corrected chi connectivity index (χ1v) is 18.7. The van der Waals surface area contributed by atoms with Crippen molar-refractivity contribution in [2.24, 2.45) is 0 Å². The lowest BCUT2D eigenvalue weighted by Gasteiger charge is -2.28. The van der Waals surface area contributed by atoms with Crippen LogP contribution in [0.1, 0.15) is 44.9 Å². The Bertz CT molecular complexity index is 2030. The summed E-state index contributed by atoms with van der Waals surface area (Å²) in [5, 5.41) is 23.7. The Morgan fingerprint density at radius 3 is 2.78 bits per heavy atom. The number of likely N-dealkylation sites (N-methyl/N-ethyl adjacent to an activating group) is 1. The molecule has 0 fully saturated rings. The van der Waals surface area contributed by atoms with Gasteiger partial charge in [-0.3, -0.25) is 0 Å². The minimum absolute atomic E-state index is 0.0109. The number of para-hydroxylation sites is 1. The maximum atomic E-state index is 14.8. The number of hydrogen-bond acceptors (Lipinski definition) is 12. The van der Waals surface area contributed by atoms with Gasteiger partial charge in [-0.15, -0.1) is 21.5 Å². The maximum absolute atomic E-state index is 14.8. The summed E-state index contributed by atoms with van der Waals surface area (Å²) in [6.45, 7) is 5.26. The van der Waals surface area contributed by atoms with Gasteiger partial charge in [-0.05, 0) is 77.0 Å². The molecular weight excluding hydrogens is 790 g/mol. The number of aromatic nitrogens is 4. The van der Waals surface area contributed by atoms with E-state index in [0.717, 1.165) is 52.4 Å². The number of fused-ring (bicyclic) bond motifs is 2. The Hall–Kier alpha value is -3.95. The highest BCUT2D eigenvalue weighted by Gasteiger charge is 2.28. The van der Waals surface area contributed by atoms with E-state index in [1.165, 1.54) is 17.4 Å². The van der Waals surface area contributed by atoms with Crippen molar-refractivity contribution in [2.75, 3.05) is 57.1 Å². The standard InChI is InChI=1S/C35H36FIN8O3S2/c1-22-24-10-7-17-45(32(24)42-41-31(22)40-34-38-26-11-4-5-12-28(26)49-34)35-39-30(33(46)47)29(50-35)13-8-20-48-27-15-14-23(21-25(27)36)9-6-16-44(37)19-18-43(2)3/h4-5,11-12,14-15,21H,7-8,10,13,16-20H2,1-3H3,(H,46,47)(H,38,40,41). The molecule has 0 aliphatic carbocycles. The molecule has 0 atom stereocenters. The highest BCUT2D eigenvalue weighted by Crippen LogP contribution is 2.39. The third-order valence-corrected chi connectivity index (χ3v) is 10.9. The molecule has 5 aromatic rings. The van der Waals surface area contributed by atoms with E-state index in [4.69, 9.17) is 4.74 Å². The van der Waals surface area contributed by atoms with Crippen LogP contribution in [0, 0.1) is 24.6 Å². The van der Waals surface area contributed by atoms with Gasteiger partial charge in [0.15, 0.2) is 39.2 Å². The summed E-state index contributed by atoms with van der Waals surface area (Å²) in [5.41, 5.74) is 3.53. The van der Waals surface area contributed by atoms with Crippen LogP contribution in [0.2, 0.25) is 0 Å². The molecule has 260 valence electrons. The molecule has 15 heteroatoms. The first-order chi connectivity index (χ1) is 24.2. The predicted octanol–water partition coefficient (Wildman–Crippen LogP) is 7.09. The van der Waals surface area contributed by atoms with E-state index >= 15 is 0 Å². The number of anilines is 4. The Morgan fingerprint density at radius 1 is 1.16 bits per heavy atom. The van der Waals surface area contributed by atoms with Gasteiger partial charge in [0.05, 0.1) is 23.4 Å². The molecule has 2 aromatic carbocycles. The normalized spacial score (nSPS) is 12.7. The molecule has 0 amide bonds. The molecule has 0 saturated carbocycles. The van der Waals surface area contributed by atoms with Crippen LogP contribution in [0.25, 0.3) is 10.2 Å². The van der Waals surface area contributed by atoms with E-state index < -0.39 is 11.8 Å². The smallest absolute Gasteiger partial charge is 0.355 e. The lowest BCUT2D eigenvalue weighted by atomic mass is 10.0. The summed E-state index contributed by atoms with van der Waals surface area (Å²) >= 11 is 5.13. The molecule has 50 heavy (non-hydrogen) atoms. The first-order valence-electron chi connectivity index (χ1n) is 16.1. The number of ether oxygens (including phenoxy) is 1. The van der Waals surface area contributed by atoms with Crippen molar-refractivity contribution in [2.45, 2.75) is 32.6 Å². The van der Waals surface area contributed by atoms with E-state index in [1.54, 1.807) is 23.5 Å². The quantitative estimate of drug-likeness (QED) is 0.0548. The van der Waals surface area contributed by atoms with Crippen LogP contribution in [0.15, 0.2) is 42.5 Å². The van der Waals surface area contributed by atoms with Gasteiger partial charge in [0.2, 0.25) is 0 Å². The molecule has 1 aliphatic heterocycles. The summed E-state index contributed by atoms with van der Waals surface area (Å²) in [4.78, 5) is 26.1. The molecule has 0 spiro atoms. The van der Waals surface area contributed by atoms with Crippen molar-refractivity contribution < 1.29 is 19.0 Å². The predicted molar refractivity (Wildman–Crippen MR) is 205 cm³/mol. The second-order valence-electron chi connectivity index (χ2n) is 12.0. The van der Waals surface area contributed by atoms with E-state index in [2.05, 4.69) is 68.2 Å². The van der Waals surface area contributed by atoms with Crippen molar-refractivity contribution in [1.82, 2.24) is 28.2 Å². The van der Waals surface area contributed by atoms with Gasteiger partial charge in [-0.2, -0.15) is 0 Å². The van der Waals surface area contributed by atoms with E-state index in [1.807, 2.05) is 50.2 Å². The minimum atomic E-state index is -1.09. The van der Waals surface area contributed by atoms with Gasteiger partial charge in [-0.25, -0.2) is 22.3 Å². The van der Waals surface area contributed by atoms with Gasteiger partial charge in [0.25, 0.3) is 0 Å². The van der Waals surface area contributed by atoms with Crippen LogP contribution in [0.4, 0.5) is 26.3 Å². The van der Waals surface area contributed by atoms with Gasteiger partial charge in [0.1, 0.15) is 0 Å². The molecule has 0 unspecified atom stereocenters. The number of aryl methyl sites for hydroxylation is 1. The molecule has 6 rings (SSSR count). The largest absolute Gasteiger partial charge is 0.491 e. The van der Waals surface area contributed by atoms with E-state index in [0.29, 0.717) is 53.1 Å². The number of thiazole rings is 2. The van der Waals surface area contributed by atoms with Crippen LogP contribution < -0.4 is 15.0 Å². The highest BCUT2D eigenvalue weighted by molar-refractivity contribution is 14.1. The average molecular weight is 827 g/mol. The van der Waals surface area contributed by atoms with Crippen LogP contribution in [0.3, 0.4) is 0 Å². The number of rotatable bonds is 13. The fourth-order valence-electron chi connectivity index (χ4n) is 5.43. The third kappa shape index (κ3) is 8.67. The second kappa shape index (κ2) is 16.4. The Kier molecular flexibility index (Phi) is 11.7. The van der Waals surface area contributed by atoms with Crippen LogP contribution in [-0.4, -0.2) is 86.1 Å². The Labute approximate surface area is 312 Å². The topological polar surface area (TPSA) is 120 Å². The molecule has 3 aromatic heterocycles. The molecule has 4 heterocycles. The van der Waals surface area contributed by atoms with Crippen molar-refractivity contribution in [1.29, 1.82) is 0 Å². The molecule has 0 saturated heterocycles. The zero-order valence-electron chi connectivity index (χ0n) is 27.9. The monoisotopic (exact) mass is 826 g/mol. The number of carboxylic acids is 1. The molecule has 11 nitrogen and oxygen atoms in total. The average Bonchev–Trinajstić information content (AvgIpc) is 3.72. The number of benzene rings is 2. The summed E-state index contributed by atoms with van der Waals surface area (Å²) < 4.78 is 23.7. The molecule has 1 aliphatic rings. The van der Waals surface area contributed by atoms with Crippen molar-refractivity contribution >= 4 is 83.6 Å². The SMILES string of the molecule is Cc1c(Nc2nc3ccccc3s2)nnc2c1CCCN2c1nc(C(=O)O)c(CCCOc2ccc(C#CCN(I)CCN(C)C)cc2F)s1. The van der Waals surface area contributed by atoms with Crippen LogP contribution in [-0.2, 0) is 12.8 Å². The number of carboxylic acid groups (broad SMARTS) is 1. The Balaban J connectivity index is 1.08. The second-order valence-corrected chi connectivity index (χ2v) is 15.4. The summed E-state index contributed by atoms with van der Waals surface area (Å²) in [6.07, 6.45) is 2.58. The first kappa shape index (κ1) is 35.9. The maximum Gasteiger partial charge on any atom is 0.355 e. The van der Waals surface area contributed by atoms with Crippen molar-refractivity contribution in [3.8, 4) is 17.6 Å². The van der Waals surface area contributed by atoms with E-state index in [-0.39, 0.29) is 18.1 Å². The Morgan fingerprint density at radius 2 is 2.00 bits per heavy atom. The van der Waals surface area contributed by atoms with E-state index in [9.17, 15) is 14.3 Å². The number of aromatic carboxylic acids is 1. The number of nitrogens with one attached hydrogen (secondary N) is 1. The zero-order valence-corrected chi connectivity index (χ0v) is 31.7. The highest BCUT2D eigenvalue weighted by atomic mass is 127. The van der Waals surface area contributed by atoms with Crippen LogP contribution >= 0.6 is 45.5 Å². The van der Waals surface area contributed by atoms with Gasteiger partial charge in [0, 0.05) is 64.1 Å². The molecule has 2 N–H and O–H groups in total. The van der Waals surface area contributed by atoms with Crippen molar-refractivity contribution in [3.63, 3.8) is 0 Å². The fourth-order valence-corrected chi connectivity index (χ4v) is 7.80. The fraction of sp³-hybridized carbons (Fsp3) is 0.343. The third-order valence-electron chi connectivity index (χ3n) is 8.04. The molecule has 0 bridgehead atoms. The van der Waals surface area contributed by atoms with Gasteiger partial charge >= 0.3 is 5.97 Å². The summed E-state index contributed by atoms with van der Waals surface area (Å²) in [7, 11) is 4.05. The van der Waals surface area contributed by atoms with Gasteiger partial charge in [-0.1, -0.05) is 35.3 Å². The molecule has 0 radical (unpaired) electrons. The van der Waals surface area contributed by atoms with Crippen molar-refractivity contribution in [3.05, 3.63) is 75.5 Å². The number of hydrogen-bond donors (Lipinski definition) is 2. The summed E-state index contributed by atoms with van der Waals surface area (Å²) in [6, 6.07) is 12.7. The number of carbonyl (C=O) groups is 1. The van der Waals surface area contributed by atoms with Gasteiger partial charge < -0.3 is 25.0 Å². The number of nitrogens with zero attached hydrogens (tertiary/aromatic N) is 7. The molecular formula is C35H36FIN8O3S2. The zero-order chi connectivity index (χ0) is 35.2. The number of halogens is 2. The minimum Gasteiger partial charge on any atom is -0.491 e. The lowest BCUT2D eigenvalue weighted by molar-refractivity contribution is 0.0690. The lowest BCUT2D eigenvalue weighted by Crippen LogP contribution is -2.27. The van der Waals surface area contributed by atoms with Crippen LogP contribution in [0.5, 0.6) is 5.75 Å². The summed E-state index contributed by atoms with van der Waals surface area (Å²) in [5.74, 6) is 5.98.